The first-order chi connectivity index (χ1) is 6.95. The van der Waals surface area contributed by atoms with Crippen molar-refractivity contribution < 1.29 is 14.2 Å². The van der Waals surface area contributed by atoms with Crippen molar-refractivity contribution in [1.29, 1.82) is 0 Å². The Morgan fingerprint density at radius 1 is 1.40 bits per heavy atom. The van der Waals surface area contributed by atoms with Crippen molar-refractivity contribution in [3.8, 4) is 0 Å². The first-order valence-corrected chi connectivity index (χ1v) is 5.03. The average Bonchev–Trinajstić information content (AvgIpc) is 2.13. The van der Waals surface area contributed by atoms with Crippen LogP contribution < -0.4 is 0 Å². The van der Waals surface area contributed by atoms with E-state index in [1.807, 2.05) is 6.92 Å². The molecule has 1 rings (SSSR count). The summed E-state index contributed by atoms with van der Waals surface area (Å²) in [6.45, 7) is 5.98. The smallest absolute Gasteiger partial charge is 0.123 e. The number of ether oxygens (including phenoxy) is 1. The molecule has 1 N–H and O–H groups in total. The highest BCUT2D eigenvalue weighted by atomic mass is 19.1. The average molecular weight is 212 g/mol. The van der Waals surface area contributed by atoms with Gasteiger partial charge in [0.2, 0.25) is 0 Å². The molecule has 2 nitrogen and oxygen atoms in total. The topological polar surface area (TPSA) is 29.5 Å². The number of rotatable bonds is 4. The molecular formula is C12H17FO2. The zero-order chi connectivity index (χ0) is 11.5. The van der Waals surface area contributed by atoms with Crippen LogP contribution in [0.4, 0.5) is 4.39 Å². The molecule has 0 saturated carbocycles. The molecule has 0 heterocycles. The van der Waals surface area contributed by atoms with Crippen LogP contribution in [0.2, 0.25) is 0 Å². The van der Waals surface area contributed by atoms with E-state index < -0.39 is 5.60 Å². The number of aliphatic hydroxyl groups is 1. The Hall–Kier alpha value is -0.930. The zero-order valence-corrected chi connectivity index (χ0v) is 9.38. The number of hydrogen-bond acceptors (Lipinski definition) is 2. The summed E-state index contributed by atoms with van der Waals surface area (Å²) in [6.07, 6.45) is 0. The van der Waals surface area contributed by atoms with Gasteiger partial charge in [-0.2, -0.15) is 0 Å². The quantitative estimate of drug-likeness (QED) is 0.830. The molecule has 0 saturated heterocycles. The lowest BCUT2D eigenvalue weighted by molar-refractivity contribution is -0.0345. The van der Waals surface area contributed by atoms with Crippen molar-refractivity contribution in [2.24, 2.45) is 0 Å². The van der Waals surface area contributed by atoms with Crippen LogP contribution in [0.1, 0.15) is 25.0 Å². The Balaban J connectivity index is 2.93. The molecule has 84 valence electrons. The molecule has 1 aromatic carbocycles. The van der Waals surface area contributed by atoms with Crippen molar-refractivity contribution in [1.82, 2.24) is 0 Å². The van der Waals surface area contributed by atoms with Gasteiger partial charge in [-0.3, -0.25) is 0 Å². The van der Waals surface area contributed by atoms with E-state index in [-0.39, 0.29) is 12.4 Å². The molecule has 3 heteroatoms. The second-order valence-electron chi connectivity index (χ2n) is 3.93. The number of aryl methyl sites for hydroxylation is 1. The molecule has 0 spiro atoms. The van der Waals surface area contributed by atoms with Crippen molar-refractivity contribution in [3.63, 3.8) is 0 Å². The van der Waals surface area contributed by atoms with Crippen LogP contribution in [0.15, 0.2) is 18.2 Å². The van der Waals surface area contributed by atoms with E-state index in [0.29, 0.717) is 12.2 Å². The van der Waals surface area contributed by atoms with Crippen LogP contribution >= 0.6 is 0 Å². The minimum atomic E-state index is -1.14. The molecule has 1 atom stereocenters. The highest BCUT2D eigenvalue weighted by molar-refractivity contribution is 5.28. The maximum atomic E-state index is 13.1. The Labute approximate surface area is 89.7 Å². The summed E-state index contributed by atoms with van der Waals surface area (Å²) in [5.41, 5.74) is 0.207. The van der Waals surface area contributed by atoms with Crippen molar-refractivity contribution >= 4 is 0 Å². The molecule has 0 radical (unpaired) electrons. The largest absolute Gasteiger partial charge is 0.383 e. The van der Waals surface area contributed by atoms with E-state index >= 15 is 0 Å². The van der Waals surface area contributed by atoms with Crippen molar-refractivity contribution in [2.75, 3.05) is 13.2 Å². The van der Waals surface area contributed by atoms with E-state index in [1.54, 1.807) is 19.9 Å². The van der Waals surface area contributed by atoms with Gasteiger partial charge in [0.15, 0.2) is 0 Å². The normalized spacial score (nSPS) is 15.0. The predicted molar refractivity (Wildman–Crippen MR) is 57.2 cm³/mol. The summed E-state index contributed by atoms with van der Waals surface area (Å²) in [4.78, 5) is 0. The maximum Gasteiger partial charge on any atom is 0.123 e. The van der Waals surface area contributed by atoms with E-state index in [9.17, 15) is 9.50 Å². The van der Waals surface area contributed by atoms with Gasteiger partial charge >= 0.3 is 0 Å². The van der Waals surface area contributed by atoms with Crippen LogP contribution in [0.25, 0.3) is 0 Å². The van der Waals surface area contributed by atoms with Crippen LogP contribution in [0.3, 0.4) is 0 Å². The minimum absolute atomic E-state index is 0.173. The van der Waals surface area contributed by atoms with Crippen LogP contribution in [0, 0.1) is 12.7 Å². The summed E-state index contributed by atoms with van der Waals surface area (Å²) >= 11 is 0. The first-order valence-electron chi connectivity index (χ1n) is 5.03. The molecular weight excluding hydrogens is 195 g/mol. The summed E-state index contributed by atoms with van der Waals surface area (Å²) in [5, 5.41) is 10.1. The standard InChI is InChI=1S/C12H17FO2/c1-4-15-8-12(3,14)10-5-9(2)6-11(13)7-10/h5-7,14H,4,8H2,1-3H3. The molecule has 0 aliphatic heterocycles. The Kier molecular flexibility index (Phi) is 3.83. The fraction of sp³-hybridized carbons (Fsp3) is 0.500. The highest BCUT2D eigenvalue weighted by Gasteiger charge is 2.23. The highest BCUT2D eigenvalue weighted by Crippen LogP contribution is 2.23. The summed E-state index contributed by atoms with van der Waals surface area (Å²) in [7, 11) is 0. The molecule has 0 fully saturated rings. The van der Waals surface area contributed by atoms with E-state index in [4.69, 9.17) is 4.74 Å². The lowest BCUT2D eigenvalue weighted by atomic mass is 9.95. The third-order valence-corrected chi connectivity index (χ3v) is 2.25. The Morgan fingerprint density at radius 3 is 2.60 bits per heavy atom. The third kappa shape index (κ3) is 3.29. The lowest BCUT2D eigenvalue weighted by Crippen LogP contribution is -2.28. The molecule has 15 heavy (non-hydrogen) atoms. The third-order valence-electron chi connectivity index (χ3n) is 2.25. The molecule has 1 unspecified atom stereocenters. The Morgan fingerprint density at radius 2 is 2.07 bits per heavy atom. The van der Waals surface area contributed by atoms with Gasteiger partial charge in [0.05, 0.1) is 6.61 Å². The SMILES string of the molecule is CCOCC(C)(O)c1cc(C)cc(F)c1. The monoisotopic (exact) mass is 212 g/mol. The van der Waals surface area contributed by atoms with Gasteiger partial charge in [0.1, 0.15) is 11.4 Å². The van der Waals surface area contributed by atoms with Crippen molar-refractivity contribution in [3.05, 3.63) is 35.1 Å². The fourth-order valence-electron chi connectivity index (χ4n) is 1.43. The van der Waals surface area contributed by atoms with Gasteiger partial charge in [-0.15, -0.1) is 0 Å². The van der Waals surface area contributed by atoms with Crippen LogP contribution in [0.5, 0.6) is 0 Å². The fourth-order valence-corrected chi connectivity index (χ4v) is 1.43. The lowest BCUT2D eigenvalue weighted by Gasteiger charge is -2.23. The first kappa shape index (κ1) is 12.1. The van der Waals surface area contributed by atoms with Gasteiger partial charge in [-0.05, 0) is 44.0 Å². The van der Waals surface area contributed by atoms with E-state index in [1.165, 1.54) is 12.1 Å². The van der Waals surface area contributed by atoms with Gasteiger partial charge in [0, 0.05) is 6.61 Å². The molecule has 0 aromatic heterocycles. The maximum absolute atomic E-state index is 13.1. The second kappa shape index (κ2) is 4.73. The molecule has 0 amide bonds. The molecule has 0 aliphatic rings. The van der Waals surface area contributed by atoms with Crippen LogP contribution in [-0.4, -0.2) is 18.3 Å². The van der Waals surface area contributed by atoms with E-state index in [2.05, 4.69) is 0 Å². The van der Waals surface area contributed by atoms with Gasteiger partial charge in [-0.25, -0.2) is 4.39 Å². The molecule has 0 aliphatic carbocycles. The van der Waals surface area contributed by atoms with Gasteiger partial charge in [-0.1, -0.05) is 6.07 Å². The van der Waals surface area contributed by atoms with Crippen LogP contribution in [-0.2, 0) is 10.3 Å². The number of hydrogen-bond donors (Lipinski definition) is 1. The van der Waals surface area contributed by atoms with Crippen molar-refractivity contribution in [2.45, 2.75) is 26.4 Å². The molecule has 0 bridgehead atoms. The number of benzene rings is 1. The minimum Gasteiger partial charge on any atom is -0.383 e. The predicted octanol–water partition coefficient (Wildman–Crippen LogP) is 2.38. The second-order valence-corrected chi connectivity index (χ2v) is 3.93. The van der Waals surface area contributed by atoms with E-state index in [0.717, 1.165) is 5.56 Å². The van der Waals surface area contributed by atoms with Gasteiger partial charge in [0.25, 0.3) is 0 Å². The number of halogens is 1. The molecule has 1 aromatic rings. The zero-order valence-electron chi connectivity index (χ0n) is 9.38. The van der Waals surface area contributed by atoms with Gasteiger partial charge < -0.3 is 9.84 Å². The Bertz CT molecular complexity index is 314. The summed E-state index contributed by atoms with van der Waals surface area (Å²) < 4.78 is 18.3. The summed E-state index contributed by atoms with van der Waals surface area (Å²) in [5.74, 6) is -0.332. The summed E-state index contributed by atoms with van der Waals surface area (Å²) in [6, 6.07) is 4.54.